The van der Waals surface area contributed by atoms with Crippen LogP contribution in [0.5, 0.6) is 11.5 Å². The van der Waals surface area contributed by atoms with Crippen LogP contribution in [0, 0.1) is 45.3 Å². The first-order valence-corrected chi connectivity index (χ1v) is 16.4. The zero-order valence-corrected chi connectivity index (χ0v) is 30.1. The van der Waals surface area contributed by atoms with Crippen molar-refractivity contribution in [3.8, 4) is 35.8 Å². The number of hydrogen-bond donors (Lipinski definition) is 2. The fourth-order valence-electron chi connectivity index (χ4n) is 5.87. The van der Waals surface area contributed by atoms with Crippen molar-refractivity contribution in [1.29, 1.82) is 21.0 Å². The zero-order valence-electron chi connectivity index (χ0n) is 30.1. The quantitative estimate of drug-likeness (QED) is 0.123. The lowest BCUT2D eigenvalue weighted by atomic mass is 9.91. The molecule has 264 valence electrons. The van der Waals surface area contributed by atoms with Gasteiger partial charge in [0.1, 0.15) is 47.0 Å². The monoisotopic (exact) mass is 696 g/mol. The maximum atomic E-state index is 13.4. The summed E-state index contributed by atoms with van der Waals surface area (Å²) in [5.74, 6) is 0.606. The van der Waals surface area contributed by atoms with Crippen molar-refractivity contribution >= 4 is 17.5 Å². The number of hydrogen-bond acceptors (Lipinski definition) is 11. The lowest BCUT2D eigenvalue weighted by Crippen LogP contribution is -2.37. The van der Waals surface area contributed by atoms with Crippen molar-refractivity contribution in [3.63, 3.8) is 0 Å². The third-order valence-corrected chi connectivity index (χ3v) is 8.24. The molecule has 0 heterocycles. The lowest BCUT2D eigenvalue weighted by Gasteiger charge is -2.31. The summed E-state index contributed by atoms with van der Waals surface area (Å²) < 4.78 is 22.9. The second-order valence-electron chi connectivity index (χ2n) is 13.2. The van der Waals surface area contributed by atoms with Gasteiger partial charge in [-0.25, -0.2) is 4.79 Å². The van der Waals surface area contributed by atoms with Gasteiger partial charge in [-0.2, -0.15) is 21.0 Å². The normalized spacial score (nSPS) is 10.8. The van der Waals surface area contributed by atoms with Gasteiger partial charge < -0.3 is 29.6 Å². The van der Waals surface area contributed by atoms with E-state index in [0.29, 0.717) is 47.1 Å². The van der Waals surface area contributed by atoms with Crippen molar-refractivity contribution in [2.24, 2.45) is 0 Å². The number of nitrogens with one attached hydrogen (secondary N) is 2. The number of rotatable bonds is 14. The van der Waals surface area contributed by atoms with Gasteiger partial charge in [0.2, 0.25) is 0 Å². The summed E-state index contributed by atoms with van der Waals surface area (Å²) in [5.41, 5.74) is 2.01. The summed E-state index contributed by atoms with van der Waals surface area (Å²) in [6.07, 6.45) is -0.866. The van der Waals surface area contributed by atoms with E-state index < -0.39 is 17.4 Å². The number of ether oxygens (including phenoxy) is 4. The van der Waals surface area contributed by atoms with E-state index in [4.69, 9.17) is 18.9 Å². The molecule has 0 aromatic heterocycles. The summed E-state index contributed by atoms with van der Waals surface area (Å²) >= 11 is 0. The molecular formula is C41H40N6O5. The summed E-state index contributed by atoms with van der Waals surface area (Å²) in [6, 6.07) is 31.0. The molecule has 0 saturated carbocycles. The number of benzene rings is 4. The number of carbonyl (C=O) groups excluding carboxylic acids is 1. The number of anilines is 2. The predicted molar refractivity (Wildman–Crippen MR) is 196 cm³/mol. The Labute approximate surface area is 304 Å². The molecule has 11 nitrogen and oxygen atoms in total. The van der Waals surface area contributed by atoms with E-state index in [1.807, 2.05) is 60.7 Å². The van der Waals surface area contributed by atoms with Gasteiger partial charge in [-0.05, 0) is 38.8 Å². The number of nitriles is 4. The van der Waals surface area contributed by atoms with Gasteiger partial charge in [-0.1, -0.05) is 60.7 Å². The third-order valence-electron chi connectivity index (χ3n) is 8.24. The molecule has 0 atom stereocenters. The van der Waals surface area contributed by atoms with Gasteiger partial charge >= 0.3 is 6.16 Å². The molecule has 52 heavy (non-hydrogen) atoms. The number of nitrogens with zero attached hydrogens (tertiary/aromatic N) is 4. The van der Waals surface area contributed by atoms with E-state index in [-0.39, 0.29) is 35.1 Å². The highest BCUT2D eigenvalue weighted by Crippen LogP contribution is 2.38. The Morgan fingerprint density at radius 1 is 0.615 bits per heavy atom. The van der Waals surface area contributed by atoms with E-state index >= 15 is 0 Å². The standard InChI is InChI=1S/C41H40N6O5/c1-40(2,19-31-33(23-44)37(29(21-42)17-35(31)49-5)46-25-27-13-9-7-10-14-27)51-39(48)52-41(3,4)20-32-34(24-45)38(30(22-43)18-36(32)50-6)47-26-28-15-11-8-12-16-28/h7-18,46-47H,19-20,25-26H2,1-6H3. The van der Waals surface area contributed by atoms with Crippen LogP contribution in [0.4, 0.5) is 16.2 Å². The average molecular weight is 697 g/mol. The average Bonchev–Trinajstić information content (AvgIpc) is 3.12. The second-order valence-corrected chi connectivity index (χ2v) is 13.2. The molecule has 0 radical (unpaired) electrons. The van der Waals surface area contributed by atoms with Crippen LogP contribution in [0.15, 0.2) is 72.8 Å². The molecule has 0 unspecified atom stereocenters. The van der Waals surface area contributed by atoms with Gasteiger partial charge in [0.15, 0.2) is 0 Å². The maximum Gasteiger partial charge on any atom is 0.509 e. The Morgan fingerprint density at radius 3 is 1.29 bits per heavy atom. The van der Waals surface area contributed by atoms with Gasteiger partial charge in [0, 0.05) is 49.2 Å². The first-order valence-electron chi connectivity index (χ1n) is 16.4. The molecule has 0 amide bonds. The van der Waals surface area contributed by atoms with E-state index in [2.05, 4.69) is 34.9 Å². The summed E-state index contributed by atoms with van der Waals surface area (Å²) in [5, 5.41) is 46.9. The summed E-state index contributed by atoms with van der Waals surface area (Å²) in [7, 11) is 2.89. The second kappa shape index (κ2) is 16.8. The van der Waals surface area contributed by atoms with Crippen LogP contribution in [0.25, 0.3) is 0 Å². The molecule has 11 heteroatoms. The van der Waals surface area contributed by atoms with Crippen molar-refractivity contribution in [1.82, 2.24) is 0 Å². The van der Waals surface area contributed by atoms with Gasteiger partial charge in [-0.15, -0.1) is 0 Å². The number of carbonyl (C=O) groups is 1. The van der Waals surface area contributed by atoms with Crippen LogP contribution in [-0.2, 0) is 35.4 Å². The van der Waals surface area contributed by atoms with Crippen molar-refractivity contribution in [2.45, 2.75) is 64.8 Å². The first kappa shape index (κ1) is 38.1. The van der Waals surface area contributed by atoms with E-state index in [1.165, 1.54) is 14.2 Å². The largest absolute Gasteiger partial charge is 0.509 e. The van der Waals surface area contributed by atoms with E-state index in [0.717, 1.165) is 11.1 Å². The molecular weight excluding hydrogens is 656 g/mol. The molecule has 0 fully saturated rings. The van der Waals surface area contributed by atoms with Crippen LogP contribution in [-0.4, -0.2) is 31.6 Å². The van der Waals surface area contributed by atoms with Crippen LogP contribution in [0.1, 0.15) is 72.2 Å². The Kier molecular flexibility index (Phi) is 12.3. The minimum absolute atomic E-state index is 0.0544. The molecule has 0 aliphatic heterocycles. The Balaban J connectivity index is 1.57. The first-order chi connectivity index (χ1) is 24.9. The summed E-state index contributed by atoms with van der Waals surface area (Å²) in [4.78, 5) is 13.4. The smallest absolute Gasteiger partial charge is 0.496 e. The van der Waals surface area contributed by atoms with Crippen LogP contribution in [0.2, 0.25) is 0 Å². The molecule has 4 aromatic carbocycles. The lowest BCUT2D eigenvalue weighted by molar-refractivity contribution is -0.0585. The maximum absolute atomic E-state index is 13.4. The third kappa shape index (κ3) is 9.30. The van der Waals surface area contributed by atoms with Gasteiger partial charge in [0.05, 0.1) is 47.8 Å². The van der Waals surface area contributed by atoms with Crippen LogP contribution in [0.3, 0.4) is 0 Å². The highest BCUT2D eigenvalue weighted by molar-refractivity contribution is 5.74. The fraction of sp³-hybridized carbons (Fsp3) is 0.293. The number of methoxy groups -OCH3 is 2. The van der Waals surface area contributed by atoms with Crippen molar-refractivity contribution in [2.75, 3.05) is 24.9 Å². The van der Waals surface area contributed by atoms with Crippen molar-refractivity contribution < 1.29 is 23.7 Å². The van der Waals surface area contributed by atoms with Crippen molar-refractivity contribution in [3.05, 3.63) is 117 Å². The minimum Gasteiger partial charge on any atom is -0.496 e. The van der Waals surface area contributed by atoms with Gasteiger partial charge in [0.25, 0.3) is 0 Å². The molecule has 4 rings (SSSR count). The van der Waals surface area contributed by atoms with E-state index in [1.54, 1.807) is 39.8 Å². The molecule has 0 saturated heterocycles. The highest BCUT2D eigenvalue weighted by atomic mass is 16.7. The molecule has 0 spiro atoms. The molecule has 4 aromatic rings. The Bertz CT molecular complexity index is 1940. The SMILES string of the molecule is COc1cc(C#N)c(NCc2ccccc2)c(C#N)c1CC(C)(C)OC(=O)OC(C)(C)Cc1c(OC)cc(C#N)c(NCc2ccccc2)c1C#N. The molecule has 0 aliphatic rings. The topological polar surface area (TPSA) is 173 Å². The predicted octanol–water partition coefficient (Wildman–Crippen LogP) is 7.91. The molecule has 2 N–H and O–H groups in total. The Hall–Kier alpha value is -6.69. The fourth-order valence-corrected chi connectivity index (χ4v) is 5.87. The molecule has 0 bridgehead atoms. The van der Waals surface area contributed by atoms with E-state index in [9.17, 15) is 25.8 Å². The van der Waals surface area contributed by atoms with Crippen LogP contribution < -0.4 is 20.1 Å². The minimum atomic E-state index is -1.20. The zero-order chi connectivity index (χ0) is 37.9. The van der Waals surface area contributed by atoms with Crippen LogP contribution >= 0.6 is 0 Å². The highest BCUT2D eigenvalue weighted by Gasteiger charge is 2.34. The molecule has 0 aliphatic carbocycles. The Morgan fingerprint density at radius 2 is 0.981 bits per heavy atom. The van der Waals surface area contributed by atoms with Gasteiger partial charge in [-0.3, -0.25) is 0 Å². The summed E-state index contributed by atoms with van der Waals surface area (Å²) in [6.45, 7) is 7.47.